The van der Waals surface area contributed by atoms with Crippen LogP contribution >= 0.6 is 11.6 Å². The molecule has 0 atom stereocenters. The van der Waals surface area contributed by atoms with Crippen LogP contribution in [0, 0.1) is 5.82 Å². The molecule has 3 aliphatic rings. The summed E-state index contributed by atoms with van der Waals surface area (Å²) in [5.41, 5.74) is 0.495. The van der Waals surface area contributed by atoms with Crippen LogP contribution in [0.15, 0.2) is 52.9 Å². The van der Waals surface area contributed by atoms with Gasteiger partial charge in [0.2, 0.25) is 5.89 Å². The average Bonchev–Trinajstić information content (AvgIpc) is 3.15. The van der Waals surface area contributed by atoms with E-state index in [9.17, 15) is 9.18 Å². The standard InChI is InChI=1S/C21H18ClFN4O3/c22-15-7-6-14(8-16(15)23)29-9-17(28)24-20-10-21(11-20,12-20)25-19-27-26-18(30-19)13-4-2-1-3-5-13/h1-8H,9-12H2,(H,24,28)(H,25,27). The van der Waals surface area contributed by atoms with E-state index in [0.717, 1.165) is 30.9 Å². The Labute approximate surface area is 176 Å². The first-order valence-electron chi connectivity index (χ1n) is 9.50. The zero-order chi connectivity index (χ0) is 20.8. The lowest BCUT2D eigenvalue weighted by Crippen LogP contribution is -2.81. The Bertz CT molecular complexity index is 1080. The van der Waals surface area contributed by atoms with Crippen molar-refractivity contribution in [3.63, 3.8) is 0 Å². The van der Waals surface area contributed by atoms with E-state index in [0.29, 0.717) is 11.9 Å². The van der Waals surface area contributed by atoms with Crippen LogP contribution in [0.4, 0.5) is 10.4 Å². The van der Waals surface area contributed by atoms with Crippen molar-refractivity contribution >= 4 is 23.5 Å². The largest absolute Gasteiger partial charge is 0.484 e. The number of ether oxygens (including phenoxy) is 1. The second-order valence-corrected chi connectivity index (χ2v) is 8.31. The van der Waals surface area contributed by atoms with Crippen molar-refractivity contribution in [2.24, 2.45) is 0 Å². The molecule has 1 heterocycles. The van der Waals surface area contributed by atoms with Gasteiger partial charge in [-0.3, -0.25) is 4.79 Å². The summed E-state index contributed by atoms with van der Waals surface area (Å²) in [6, 6.07) is 14.0. The van der Waals surface area contributed by atoms with Crippen molar-refractivity contribution in [2.75, 3.05) is 11.9 Å². The van der Waals surface area contributed by atoms with Gasteiger partial charge in [-0.05, 0) is 43.5 Å². The van der Waals surface area contributed by atoms with Crippen molar-refractivity contribution in [1.82, 2.24) is 15.5 Å². The monoisotopic (exact) mass is 428 g/mol. The van der Waals surface area contributed by atoms with Gasteiger partial charge >= 0.3 is 6.01 Å². The van der Waals surface area contributed by atoms with E-state index in [-0.39, 0.29) is 34.4 Å². The number of amides is 1. The highest BCUT2D eigenvalue weighted by molar-refractivity contribution is 6.30. The van der Waals surface area contributed by atoms with E-state index >= 15 is 0 Å². The summed E-state index contributed by atoms with van der Waals surface area (Å²) in [4.78, 5) is 12.2. The van der Waals surface area contributed by atoms with Gasteiger partial charge in [-0.1, -0.05) is 34.9 Å². The number of hydrogen-bond donors (Lipinski definition) is 2. The summed E-state index contributed by atoms with van der Waals surface area (Å²) in [6.07, 6.45) is 2.30. The number of aromatic nitrogens is 2. The van der Waals surface area contributed by atoms with E-state index in [1.165, 1.54) is 12.1 Å². The lowest BCUT2D eigenvalue weighted by atomic mass is 9.44. The van der Waals surface area contributed by atoms with E-state index in [1.54, 1.807) is 0 Å². The highest BCUT2D eigenvalue weighted by atomic mass is 35.5. The third-order valence-electron chi connectivity index (χ3n) is 5.51. The number of nitrogens with zero attached hydrogens (tertiary/aromatic N) is 2. The van der Waals surface area contributed by atoms with Gasteiger partial charge in [-0.15, -0.1) is 5.10 Å². The Morgan fingerprint density at radius 3 is 2.63 bits per heavy atom. The summed E-state index contributed by atoms with van der Waals surface area (Å²) in [6.45, 7) is -0.187. The third-order valence-corrected chi connectivity index (χ3v) is 5.82. The predicted octanol–water partition coefficient (Wildman–Crippen LogP) is 3.81. The van der Waals surface area contributed by atoms with Crippen LogP contribution in [0.5, 0.6) is 5.75 Å². The van der Waals surface area contributed by atoms with Crippen molar-refractivity contribution in [3.05, 3.63) is 59.4 Å². The molecular formula is C21H18ClFN4O3. The molecule has 0 aliphatic heterocycles. The Morgan fingerprint density at radius 1 is 1.13 bits per heavy atom. The van der Waals surface area contributed by atoms with Gasteiger partial charge in [0, 0.05) is 22.7 Å². The van der Waals surface area contributed by atoms with Crippen LogP contribution in [-0.2, 0) is 4.79 Å². The fraction of sp³-hybridized carbons (Fsp3) is 0.286. The van der Waals surface area contributed by atoms with Crippen molar-refractivity contribution < 1.29 is 18.3 Å². The van der Waals surface area contributed by atoms with Gasteiger partial charge in [0.05, 0.1) is 5.02 Å². The molecule has 2 bridgehead atoms. The Balaban J connectivity index is 1.11. The molecule has 3 aromatic rings. The average molecular weight is 429 g/mol. The van der Waals surface area contributed by atoms with Gasteiger partial charge in [0.25, 0.3) is 5.91 Å². The summed E-state index contributed by atoms with van der Waals surface area (Å²) in [7, 11) is 0. The molecule has 3 aliphatic carbocycles. The Morgan fingerprint density at radius 2 is 1.90 bits per heavy atom. The molecule has 7 nitrogen and oxygen atoms in total. The smallest absolute Gasteiger partial charge is 0.316 e. The van der Waals surface area contributed by atoms with Gasteiger partial charge in [0.15, 0.2) is 6.61 Å². The highest BCUT2D eigenvalue weighted by Crippen LogP contribution is 2.61. The number of hydrogen-bond acceptors (Lipinski definition) is 6. The van der Waals surface area contributed by atoms with E-state index in [2.05, 4.69) is 20.8 Å². The number of rotatable bonds is 7. The van der Waals surface area contributed by atoms with Crippen LogP contribution in [0.2, 0.25) is 5.02 Å². The Kier molecular flexibility index (Phi) is 4.39. The lowest BCUT2D eigenvalue weighted by molar-refractivity contribution is -0.135. The molecule has 0 unspecified atom stereocenters. The summed E-state index contributed by atoms with van der Waals surface area (Å²) in [5, 5.41) is 14.5. The Hall–Kier alpha value is -3.13. The zero-order valence-corrected chi connectivity index (χ0v) is 16.6. The number of anilines is 1. The van der Waals surface area contributed by atoms with Crippen LogP contribution in [-0.4, -0.2) is 33.8 Å². The molecule has 2 N–H and O–H groups in total. The van der Waals surface area contributed by atoms with Crippen LogP contribution in [0.3, 0.4) is 0 Å². The normalized spacial score (nSPS) is 23.8. The van der Waals surface area contributed by atoms with Gasteiger partial charge < -0.3 is 19.8 Å². The van der Waals surface area contributed by atoms with Crippen molar-refractivity contribution in [2.45, 2.75) is 30.3 Å². The van der Waals surface area contributed by atoms with Crippen molar-refractivity contribution in [1.29, 1.82) is 0 Å². The zero-order valence-electron chi connectivity index (χ0n) is 15.8. The maximum Gasteiger partial charge on any atom is 0.316 e. The first-order chi connectivity index (χ1) is 14.4. The van der Waals surface area contributed by atoms with Crippen LogP contribution in [0.1, 0.15) is 19.3 Å². The molecule has 2 aromatic carbocycles. The molecule has 0 radical (unpaired) electrons. The molecule has 30 heavy (non-hydrogen) atoms. The number of nitrogens with one attached hydrogen (secondary N) is 2. The minimum atomic E-state index is -0.585. The van der Waals surface area contributed by atoms with E-state index in [4.69, 9.17) is 20.8 Å². The number of carbonyl (C=O) groups is 1. The van der Waals surface area contributed by atoms with Gasteiger partial charge in [-0.2, -0.15) is 0 Å². The molecule has 1 aromatic heterocycles. The maximum absolute atomic E-state index is 13.4. The number of carbonyl (C=O) groups excluding carboxylic acids is 1. The van der Waals surface area contributed by atoms with Gasteiger partial charge in [0.1, 0.15) is 11.6 Å². The summed E-state index contributed by atoms with van der Waals surface area (Å²) >= 11 is 5.63. The lowest BCUT2D eigenvalue weighted by Gasteiger charge is -2.70. The second-order valence-electron chi connectivity index (χ2n) is 7.91. The van der Waals surface area contributed by atoms with Gasteiger partial charge in [-0.25, -0.2) is 4.39 Å². The molecule has 3 fully saturated rings. The molecule has 0 saturated heterocycles. The second kappa shape index (κ2) is 6.98. The minimum Gasteiger partial charge on any atom is -0.484 e. The number of benzene rings is 2. The molecule has 154 valence electrons. The van der Waals surface area contributed by atoms with E-state index in [1.807, 2.05) is 30.3 Å². The molecule has 6 rings (SSSR count). The minimum absolute atomic E-state index is 0.00982. The van der Waals surface area contributed by atoms with Crippen LogP contribution in [0.25, 0.3) is 11.5 Å². The molecule has 3 saturated carbocycles. The van der Waals surface area contributed by atoms with Crippen molar-refractivity contribution in [3.8, 4) is 17.2 Å². The quantitative estimate of drug-likeness (QED) is 0.594. The molecular weight excluding hydrogens is 411 g/mol. The first-order valence-corrected chi connectivity index (χ1v) is 9.88. The fourth-order valence-corrected chi connectivity index (χ4v) is 4.42. The highest BCUT2D eigenvalue weighted by Gasteiger charge is 2.69. The molecule has 1 amide bonds. The summed E-state index contributed by atoms with van der Waals surface area (Å²) < 4.78 is 24.5. The molecule has 9 heteroatoms. The van der Waals surface area contributed by atoms with Crippen LogP contribution < -0.4 is 15.4 Å². The van der Waals surface area contributed by atoms with E-state index < -0.39 is 5.82 Å². The fourth-order valence-electron chi connectivity index (χ4n) is 4.30. The SMILES string of the molecule is O=C(COc1ccc(Cl)c(F)c1)NC12CC(Nc3nnc(-c4ccccc4)o3)(C1)C2. The number of halogens is 2. The topological polar surface area (TPSA) is 89.3 Å². The maximum atomic E-state index is 13.4. The third kappa shape index (κ3) is 3.47. The molecule has 0 spiro atoms. The predicted molar refractivity (Wildman–Crippen MR) is 108 cm³/mol. The summed E-state index contributed by atoms with van der Waals surface area (Å²) in [5.74, 6) is -0.113. The first kappa shape index (κ1) is 18.9.